The molecule has 0 saturated heterocycles. The summed E-state index contributed by atoms with van der Waals surface area (Å²) in [5.41, 5.74) is 0.857. The van der Waals surface area contributed by atoms with Crippen molar-refractivity contribution in [3.63, 3.8) is 0 Å². The summed E-state index contributed by atoms with van der Waals surface area (Å²) in [5.74, 6) is -0.00245. The summed E-state index contributed by atoms with van der Waals surface area (Å²) in [6, 6.07) is 8.02. The van der Waals surface area contributed by atoms with E-state index in [1.807, 2.05) is 0 Å². The maximum atomic E-state index is 12.8. The van der Waals surface area contributed by atoms with Gasteiger partial charge in [0.05, 0.1) is 41.6 Å². The molecular weight excluding hydrogens is 451 g/mol. The van der Waals surface area contributed by atoms with Crippen LogP contribution in [0.25, 0.3) is 10.2 Å². The van der Waals surface area contributed by atoms with Gasteiger partial charge in [-0.1, -0.05) is 34.5 Å². The lowest BCUT2D eigenvalue weighted by Crippen LogP contribution is -2.23. The fourth-order valence-corrected chi connectivity index (χ4v) is 4.31. The molecule has 2 aromatic carbocycles. The van der Waals surface area contributed by atoms with Crippen molar-refractivity contribution in [2.45, 2.75) is 13.5 Å². The van der Waals surface area contributed by atoms with Crippen molar-refractivity contribution >= 4 is 56.6 Å². The van der Waals surface area contributed by atoms with E-state index in [-0.39, 0.29) is 23.7 Å². The molecule has 30 heavy (non-hydrogen) atoms. The second-order valence-electron chi connectivity index (χ2n) is 5.99. The molecule has 0 fully saturated rings. The topological polar surface area (TPSA) is 79.1 Å². The average Bonchev–Trinajstić information content (AvgIpc) is 3.02. The number of nitrogens with zero attached hydrogens (tertiary/aromatic N) is 2. The molecule has 1 aromatic heterocycles. The number of benzene rings is 2. The van der Waals surface area contributed by atoms with E-state index in [4.69, 9.17) is 37.4 Å². The van der Waals surface area contributed by atoms with Crippen molar-refractivity contribution in [2.24, 2.45) is 4.99 Å². The normalized spacial score (nSPS) is 11.6. The number of carbonyl (C=O) groups excluding carboxylic acids is 2. The highest BCUT2D eigenvalue weighted by Gasteiger charge is 2.17. The summed E-state index contributed by atoms with van der Waals surface area (Å²) in [6.07, 6.45) is 0. The van der Waals surface area contributed by atoms with Crippen LogP contribution >= 0.6 is 34.5 Å². The SMILES string of the molecule is CCOC(=O)Cn1c(=NC(=O)c2ccc(Cl)cc2Cl)sc2cc(OC)c(OC)cc21. The van der Waals surface area contributed by atoms with Crippen LogP contribution in [0.15, 0.2) is 35.3 Å². The number of carbonyl (C=O) groups is 2. The van der Waals surface area contributed by atoms with Crippen LogP contribution in [0.4, 0.5) is 0 Å². The molecule has 0 N–H and O–H groups in total. The Kier molecular flexibility index (Phi) is 7.02. The standard InChI is InChI=1S/C20H18Cl2N2O5S/c1-4-29-18(25)10-24-14-8-15(27-2)16(28-3)9-17(14)30-20(24)23-19(26)12-6-5-11(21)7-13(12)22/h5-9H,4,10H2,1-3H3. The third kappa shape index (κ3) is 4.61. The third-order valence-electron chi connectivity index (χ3n) is 4.14. The minimum atomic E-state index is -0.556. The van der Waals surface area contributed by atoms with E-state index < -0.39 is 11.9 Å². The zero-order chi connectivity index (χ0) is 21.8. The highest BCUT2D eigenvalue weighted by molar-refractivity contribution is 7.16. The summed E-state index contributed by atoms with van der Waals surface area (Å²) < 4.78 is 18.1. The van der Waals surface area contributed by atoms with Gasteiger partial charge in [-0.25, -0.2) is 0 Å². The first kappa shape index (κ1) is 22.1. The van der Waals surface area contributed by atoms with Crippen molar-refractivity contribution in [1.29, 1.82) is 0 Å². The molecule has 3 rings (SSSR count). The van der Waals surface area contributed by atoms with Gasteiger partial charge in [0.15, 0.2) is 16.3 Å². The maximum Gasteiger partial charge on any atom is 0.326 e. The molecule has 0 saturated carbocycles. The number of hydrogen-bond acceptors (Lipinski definition) is 6. The molecule has 3 aromatic rings. The lowest BCUT2D eigenvalue weighted by Gasteiger charge is -2.09. The number of aromatic nitrogens is 1. The molecule has 158 valence electrons. The Morgan fingerprint density at radius 3 is 2.43 bits per heavy atom. The third-order valence-corrected chi connectivity index (χ3v) is 5.73. The summed E-state index contributed by atoms with van der Waals surface area (Å²) >= 11 is 13.3. The quantitative estimate of drug-likeness (QED) is 0.503. The minimum Gasteiger partial charge on any atom is -0.493 e. The molecule has 0 aliphatic rings. The monoisotopic (exact) mass is 468 g/mol. The zero-order valence-electron chi connectivity index (χ0n) is 16.4. The van der Waals surface area contributed by atoms with Crippen molar-refractivity contribution in [3.8, 4) is 11.5 Å². The lowest BCUT2D eigenvalue weighted by atomic mass is 10.2. The van der Waals surface area contributed by atoms with Crippen LogP contribution in [-0.2, 0) is 16.1 Å². The molecule has 0 radical (unpaired) electrons. The van der Waals surface area contributed by atoms with Crippen molar-refractivity contribution in [1.82, 2.24) is 4.57 Å². The van der Waals surface area contributed by atoms with E-state index in [1.54, 1.807) is 29.7 Å². The molecule has 1 amide bonds. The molecule has 7 nitrogen and oxygen atoms in total. The Morgan fingerprint density at radius 2 is 1.80 bits per heavy atom. The zero-order valence-corrected chi connectivity index (χ0v) is 18.7. The van der Waals surface area contributed by atoms with Gasteiger partial charge in [-0.15, -0.1) is 0 Å². The van der Waals surface area contributed by atoms with Gasteiger partial charge in [-0.3, -0.25) is 9.59 Å². The van der Waals surface area contributed by atoms with Gasteiger partial charge in [0.25, 0.3) is 5.91 Å². The molecule has 0 bridgehead atoms. The number of halogens is 2. The Morgan fingerprint density at radius 1 is 1.10 bits per heavy atom. The van der Waals surface area contributed by atoms with Crippen LogP contribution in [0.5, 0.6) is 11.5 Å². The summed E-state index contributed by atoms with van der Waals surface area (Å²) in [7, 11) is 3.05. The Balaban J connectivity index is 2.19. The van der Waals surface area contributed by atoms with Crippen LogP contribution in [0.1, 0.15) is 17.3 Å². The van der Waals surface area contributed by atoms with Crippen LogP contribution in [0.3, 0.4) is 0 Å². The molecular formula is C20H18Cl2N2O5S. The van der Waals surface area contributed by atoms with Crippen molar-refractivity contribution in [3.05, 3.63) is 50.7 Å². The van der Waals surface area contributed by atoms with E-state index in [0.29, 0.717) is 26.8 Å². The number of methoxy groups -OCH3 is 2. The van der Waals surface area contributed by atoms with Gasteiger partial charge < -0.3 is 18.8 Å². The van der Waals surface area contributed by atoms with Crippen LogP contribution in [-0.4, -0.2) is 37.3 Å². The summed E-state index contributed by atoms with van der Waals surface area (Å²) in [6.45, 7) is 1.84. The van der Waals surface area contributed by atoms with Crippen LogP contribution in [0.2, 0.25) is 10.0 Å². The van der Waals surface area contributed by atoms with Gasteiger partial charge in [-0.05, 0) is 25.1 Å². The highest BCUT2D eigenvalue weighted by atomic mass is 35.5. The Bertz CT molecular complexity index is 1190. The maximum absolute atomic E-state index is 12.8. The lowest BCUT2D eigenvalue weighted by molar-refractivity contribution is -0.143. The Hall–Kier alpha value is -2.55. The second-order valence-corrected chi connectivity index (χ2v) is 7.84. The molecule has 0 aliphatic heterocycles. The van der Waals surface area contributed by atoms with Gasteiger partial charge in [0.2, 0.25) is 0 Å². The van der Waals surface area contributed by atoms with E-state index in [2.05, 4.69) is 4.99 Å². The van der Waals surface area contributed by atoms with Gasteiger partial charge >= 0.3 is 5.97 Å². The largest absolute Gasteiger partial charge is 0.493 e. The van der Waals surface area contributed by atoms with Gasteiger partial charge in [-0.2, -0.15) is 4.99 Å². The smallest absolute Gasteiger partial charge is 0.326 e. The van der Waals surface area contributed by atoms with Gasteiger partial charge in [0, 0.05) is 17.2 Å². The first-order valence-electron chi connectivity index (χ1n) is 8.83. The molecule has 0 spiro atoms. The number of rotatable bonds is 6. The van der Waals surface area contributed by atoms with Crippen molar-refractivity contribution < 1.29 is 23.8 Å². The number of thiazole rings is 1. The number of esters is 1. The number of amides is 1. The predicted molar refractivity (Wildman–Crippen MR) is 116 cm³/mol. The molecule has 1 heterocycles. The fraction of sp³-hybridized carbons (Fsp3) is 0.250. The molecule has 0 atom stereocenters. The first-order valence-corrected chi connectivity index (χ1v) is 10.4. The highest BCUT2D eigenvalue weighted by Crippen LogP contribution is 2.33. The summed E-state index contributed by atoms with van der Waals surface area (Å²) in [4.78, 5) is 29.5. The van der Waals surface area contributed by atoms with E-state index >= 15 is 0 Å². The Labute approximate surface area is 186 Å². The van der Waals surface area contributed by atoms with E-state index in [9.17, 15) is 9.59 Å². The number of hydrogen-bond donors (Lipinski definition) is 0. The fourth-order valence-electron chi connectivity index (χ4n) is 2.78. The summed E-state index contributed by atoms with van der Waals surface area (Å²) in [5, 5.41) is 0.604. The minimum absolute atomic E-state index is 0.121. The molecule has 0 unspecified atom stereocenters. The van der Waals surface area contributed by atoms with Crippen LogP contribution < -0.4 is 14.3 Å². The van der Waals surface area contributed by atoms with E-state index in [1.165, 1.54) is 37.7 Å². The average molecular weight is 469 g/mol. The predicted octanol–water partition coefficient (Wildman–Crippen LogP) is 4.33. The molecule has 10 heteroatoms. The molecule has 0 aliphatic carbocycles. The second kappa shape index (κ2) is 9.51. The van der Waals surface area contributed by atoms with E-state index in [0.717, 1.165) is 4.70 Å². The van der Waals surface area contributed by atoms with Crippen molar-refractivity contribution in [2.75, 3.05) is 20.8 Å². The van der Waals surface area contributed by atoms with Gasteiger partial charge in [0.1, 0.15) is 6.54 Å². The first-order chi connectivity index (χ1) is 14.4. The number of fused-ring (bicyclic) bond motifs is 1. The van der Waals surface area contributed by atoms with Crippen LogP contribution in [0, 0.1) is 0 Å². The number of ether oxygens (including phenoxy) is 3.